The summed E-state index contributed by atoms with van der Waals surface area (Å²) < 4.78 is 5.67. The van der Waals surface area contributed by atoms with Crippen LogP contribution in [-0.2, 0) is 4.74 Å². The van der Waals surface area contributed by atoms with Gasteiger partial charge in [0.1, 0.15) is 0 Å². The Bertz CT molecular complexity index is 1260. The average Bonchev–Trinajstić information content (AvgIpc) is 2.85. The van der Waals surface area contributed by atoms with Gasteiger partial charge < -0.3 is 4.74 Å². The summed E-state index contributed by atoms with van der Waals surface area (Å²) in [6.45, 7) is 7.82. The lowest BCUT2D eigenvalue weighted by molar-refractivity contribution is 0.0976. The number of fused-ring (bicyclic) bond motifs is 2. The monoisotopic (exact) mass is 434 g/mol. The Morgan fingerprint density at radius 3 is 1.36 bits per heavy atom. The SMILES string of the molecule is C=C(CCC(=O)c1ccc2ccccc2c1)OC(=C)CCC(=O)c1ccc2ccccc2c1. The maximum absolute atomic E-state index is 12.6. The lowest BCUT2D eigenvalue weighted by Crippen LogP contribution is -2.03. The number of hydrogen-bond donors (Lipinski definition) is 0. The van der Waals surface area contributed by atoms with Crippen LogP contribution in [0.3, 0.4) is 0 Å². The van der Waals surface area contributed by atoms with Crippen LogP contribution in [0.5, 0.6) is 0 Å². The first kappa shape index (κ1) is 22.2. The fourth-order valence-electron chi connectivity index (χ4n) is 3.83. The van der Waals surface area contributed by atoms with Crippen molar-refractivity contribution in [2.45, 2.75) is 25.7 Å². The van der Waals surface area contributed by atoms with Gasteiger partial charge in [-0.2, -0.15) is 0 Å². The van der Waals surface area contributed by atoms with Crippen molar-refractivity contribution in [3.63, 3.8) is 0 Å². The summed E-state index contributed by atoms with van der Waals surface area (Å²) in [7, 11) is 0. The molecule has 0 amide bonds. The normalized spacial score (nSPS) is 10.8. The van der Waals surface area contributed by atoms with E-state index in [1.54, 1.807) is 0 Å². The molecule has 0 heterocycles. The van der Waals surface area contributed by atoms with Crippen molar-refractivity contribution in [3.8, 4) is 0 Å². The van der Waals surface area contributed by atoms with Crippen LogP contribution in [-0.4, -0.2) is 11.6 Å². The van der Waals surface area contributed by atoms with Gasteiger partial charge in [-0.15, -0.1) is 0 Å². The van der Waals surface area contributed by atoms with Crippen molar-refractivity contribution in [2.24, 2.45) is 0 Å². The highest BCUT2D eigenvalue weighted by atomic mass is 16.5. The van der Waals surface area contributed by atoms with Gasteiger partial charge in [-0.05, 0) is 33.7 Å². The molecule has 33 heavy (non-hydrogen) atoms. The number of benzene rings is 4. The second-order valence-corrected chi connectivity index (χ2v) is 8.15. The highest BCUT2D eigenvalue weighted by Gasteiger charge is 2.11. The standard InChI is InChI=1S/C30H26O3/c1-21(11-17-29(31)27-15-13-23-7-3-5-9-25(23)19-27)33-22(2)12-18-30(32)28-16-14-24-8-4-6-10-26(24)20-28/h3-10,13-16,19-20H,1-2,11-12,17-18H2. The topological polar surface area (TPSA) is 43.4 Å². The molecule has 4 rings (SSSR count). The molecule has 0 fully saturated rings. The molecule has 0 aliphatic carbocycles. The van der Waals surface area contributed by atoms with E-state index in [4.69, 9.17) is 4.74 Å². The zero-order valence-electron chi connectivity index (χ0n) is 18.6. The summed E-state index contributed by atoms with van der Waals surface area (Å²) in [6, 6.07) is 27.4. The molecule has 4 aromatic carbocycles. The molecular formula is C30H26O3. The summed E-state index contributed by atoms with van der Waals surface area (Å²) >= 11 is 0. The van der Waals surface area contributed by atoms with Crippen molar-refractivity contribution < 1.29 is 14.3 Å². The van der Waals surface area contributed by atoms with Crippen molar-refractivity contribution in [2.75, 3.05) is 0 Å². The third kappa shape index (κ3) is 5.64. The van der Waals surface area contributed by atoms with Gasteiger partial charge in [0.15, 0.2) is 11.6 Å². The van der Waals surface area contributed by atoms with Gasteiger partial charge in [0.2, 0.25) is 0 Å². The molecule has 0 bridgehead atoms. The molecule has 0 atom stereocenters. The molecule has 0 aliphatic rings. The first-order valence-corrected chi connectivity index (χ1v) is 11.1. The minimum Gasteiger partial charge on any atom is -0.467 e. The molecule has 0 aliphatic heterocycles. The minimum absolute atomic E-state index is 0.0441. The molecule has 0 spiro atoms. The Balaban J connectivity index is 1.24. The third-order valence-corrected chi connectivity index (χ3v) is 5.69. The lowest BCUT2D eigenvalue weighted by atomic mass is 10.0. The number of Topliss-reactive ketones (excluding diaryl/α,β-unsaturated/α-hetero) is 2. The summed E-state index contributed by atoms with van der Waals surface area (Å²) in [6.07, 6.45) is 1.42. The van der Waals surface area contributed by atoms with Crippen molar-refractivity contribution >= 4 is 33.1 Å². The maximum Gasteiger partial charge on any atom is 0.163 e. The molecule has 164 valence electrons. The largest absolute Gasteiger partial charge is 0.467 e. The van der Waals surface area contributed by atoms with Crippen LogP contribution in [0.4, 0.5) is 0 Å². The van der Waals surface area contributed by atoms with Crippen LogP contribution < -0.4 is 0 Å². The van der Waals surface area contributed by atoms with Crippen LogP contribution in [0.2, 0.25) is 0 Å². The molecular weight excluding hydrogens is 408 g/mol. The number of carbonyl (C=O) groups excluding carboxylic acids is 2. The molecule has 0 saturated heterocycles. The third-order valence-electron chi connectivity index (χ3n) is 5.69. The highest BCUT2D eigenvalue weighted by Crippen LogP contribution is 2.21. The van der Waals surface area contributed by atoms with Gasteiger partial charge in [-0.3, -0.25) is 9.59 Å². The van der Waals surface area contributed by atoms with E-state index in [0.29, 0.717) is 48.3 Å². The van der Waals surface area contributed by atoms with Crippen molar-refractivity contribution in [1.29, 1.82) is 0 Å². The quantitative estimate of drug-likeness (QED) is 0.190. The van der Waals surface area contributed by atoms with Gasteiger partial charge in [-0.25, -0.2) is 0 Å². The van der Waals surface area contributed by atoms with Crippen LogP contribution >= 0.6 is 0 Å². The van der Waals surface area contributed by atoms with Crippen LogP contribution in [0.1, 0.15) is 46.4 Å². The highest BCUT2D eigenvalue weighted by molar-refractivity contribution is 6.00. The Morgan fingerprint density at radius 1 is 0.545 bits per heavy atom. The van der Waals surface area contributed by atoms with Crippen molar-refractivity contribution in [3.05, 3.63) is 121 Å². The van der Waals surface area contributed by atoms with Crippen LogP contribution in [0.15, 0.2) is 110 Å². The van der Waals surface area contributed by atoms with Gasteiger partial charge in [0.05, 0.1) is 11.5 Å². The fourth-order valence-corrected chi connectivity index (χ4v) is 3.83. The van der Waals surface area contributed by atoms with E-state index in [9.17, 15) is 9.59 Å². The maximum atomic E-state index is 12.6. The molecule has 0 aromatic heterocycles. The van der Waals surface area contributed by atoms with Crippen LogP contribution in [0.25, 0.3) is 21.5 Å². The number of ether oxygens (including phenoxy) is 1. The summed E-state index contributed by atoms with van der Waals surface area (Å²) in [4.78, 5) is 25.2. The molecule has 0 N–H and O–H groups in total. The van der Waals surface area contributed by atoms with Gasteiger partial charge in [0, 0.05) is 36.8 Å². The Kier molecular flexibility index (Phi) is 6.80. The Morgan fingerprint density at radius 2 is 0.939 bits per heavy atom. The number of carbonyl (C=O) groups is 2. The molecule has 4 aromatic rings. The van der Waals surface area contributed by atoms with E-state index in [1.165, 1.54) is 0 Å². The Hall–Kier alpha value is -3.98. The van der Waals surface area contributed by atoms with E-state index in [-0.39, 0.29) is 11.6 Å². The van der Waals surface area contributed by atoms with Crippen LogP contribution in [0, 0.1) is 0 Å². The summed E-state index contributed by atoms with van der Waals surface area (Å²) in [5.41, 5.74) is 1.36. The average molecular weight is 435 g/mol. The molecule has 0 saturated carbocycles. The van der Waals surface area contributed by atoms with Crippen molar-refractivity contribution in [1.82, 2.24) is 0 Å². The van der Waals surface area contributed by atoms with E-state index in [2.05, 4.69) is 13.2 Å². The first-order valence-electron chi connectivity index (χ1n) is 11.1. The molecule has 3 nitrogen and oxygen atoms in total. The number of hydrogen-bond acceptors (Lipinski definition) is 3. The fraction of sp³-hybridized carbons (Fsp3) is 0.133. The predicted octanol–water partition coefficient (Wildman–Crippen LogP) is 7.66. The van der Waals surface area contributed by atoms with Gasteiger partial charge in [-0.1, -0.05) is 86.0 Å². The molecule has 0 radical (unpaired) electrons. The van der Waals surface area contributed by atoms with E-state index in [0.717, 1.165) is 21.5 Å². The smallest absolute Gasteiger partial charge is 0.163 e. The first-order chi connectivity index (χ1) is 16.0. The van der Waals surface area contributed by atoms with E-state index in [1.807, 2.05) is 84.9 Å². The predicted molar refractivity (Wildman–Crippen MR) is 134 cm³/mol. The van der Waals surface area contributed by atoms with Gasteiger partial charge >= 0.3 is 0 Å². The van der Waals surface area contributed by atoms with E-state index < -0.39 is 0 Å². The second kappa shape index (κ2) is 10.1. The second-order valence-electron chi connectivity index (χ2n) is 8.15. The van der Waals surface area contributed by atoms with Gasteiger partial charge in [0.25, 0.3) is 0 Å². The zero-order chi connectivity index (χ0) is 23.2. The number of rotatable bonds is 10. The number of ketones is 2. The molecule has 3 heteroatoms. The lowest BCUT2D eigenvalue weighted by Gasteiger charge is -2.11. The Labute approximate surface area is 194 Å². The number of allylic oxidation sites excluding steroid dienone is 2. The van der Waals surface area contributed by atoms with E-state index >= 15 is 0 Å². The minimum atomic E-state index is 0.0441. The molecule has 0 unspecified atom stereocenters. The summed E-state index contributed by atoms with van der Waals surface area (Å²) in [5, 5.41) is 4.30. The zero-order valence-corrected chi connectivity index (χ0v) is 18.6. The summed E-state index contributed by atoms with van der Waals surface area (Å²) in [5.74, 6) is 1.05.